The Kier molecular flexibility index (Phi) is 4.43. The van der Waals surface area contributed by atoms with Crippen LogP contribution in [-0.2, 0) is 9.53 Å². The van der Waals surface area contributed by atoms with Crippen molar-refractivity contribution in [1.29, 1.82) is 0 Å². The number of anilines is 1. The van der Waals surface area contributed by atoms with E-state index < -0.39 is 11.4 Å². The molecule has 0 aromatic heterocycles. The van der Waals surface area contributed by atoms with Gasteiger partial charge in [0.1, 0.15) is 11.4 Å². The number of benzene rings is 1. The Morgan fingerprint density at radius 2 is 1.92 bits per heavy atom. The van der Waals surface area contributed by atoms with Gasteiger partial charge in [0, 0.05) is 35.1 Å². The summed E-state index contributed by atoms with van der Waals surface area (Å²) in [7, 11) is 0. The molecule has 0 atom stereocenters. The summed E-state index contributed by atoms with van der Waals surface area (Å²) in [6, 6.07) is 3.95. The predicted octanol–water partition coefficient (Wildman–Crippen LogP) is 4.06. The monoisotopic (exact) mass is 368 g/mol. The number of ether oxygens (including phenoxy) is 1. The van der Waals surface area contributed by atoms with Crippen molar-refractivity contribution < 1.29 is 18.7 Å². The Morgan fingerprint density at radius 3 is 2.48 bits per heavy atom. The van der Waals surface area contributed by atoms with Crippen LogP contribution in [0, 0.1) is 17.2 Å². The zero-order valence-corrected chi connectivity index (χ0v) is 15.3. The van der Waals surface area contributed by atoms with Gasteiger partial charge in [-0.15, -0.1) is 0 Å². The zero-order valence-electron chi connectivity index (χ0n) is 14.6. The maximum absolute atomic E-state index is 13.3. The van der Waals surface area contributed by atoms with Crippen LogP contribution in [0.2, 0.25) is 5.02 Å². The van der Waals surface area contributed by atoms with Crippen molar-refractivity contribution >= 4 is 29.3 Å². The minimum absolute atomic E-state index is 0.0263. The summed E-state index contributed by atoms with van der Waals surface area (Å²) in [6.07, 6.45) is 1.14. The van der Waals surface area contributed by atoms with Crippen LogP contribution >= 0.6 is 11.6 Å². The normalized spacial score (nSPS) is 19.2. The van der Waals surface area contributed by atoms with E-state index in [9.17, 15) is 14.0 Å². The number of rotatable bonds is 2. The van der Waals surface area contributed by atoms with E-state index >= 15 is 0 Å². The Labute approximate surface area is 151 Å². The van der Waals surface area contributed by atoms with E-state index in [0.717, 1.165) is 12.8 Å². The average molecular weight is 369 g/mol. The lowest BCUT2D eigenvalue weighted by molar-refractivity contribution is -0.137. The highest BCUT2D eigenvalue weighted by Gasteiger charge is 2.56. The van der Waals surface area contributed by atoms with Gasteiger partial charge in [-0.1, -0.05) is 11.6 Å². The molecule has 25 heavy (non-hydrogen) atoms. The Balaban J connectivity index is 1.47. The van der Waals surface area contributed by atoms with Gasteiger partial charge in [-0.3, -0.25) is 4.79 Å². The lowest BCUT2D eigenvalue weighted by atomic mass is 9.57. The third-order valence-corrected chi connectivity index (χ3v) is 4.78. The highest BCUT2D eigenvalue weighted by atomic mass is 35.5. The standard InChI is InChI=1S/C18H22ClFN2O3/c1-17(2,3)25-16(24)22-9-18(10-22)7-11(8-18)15(23)21-14-5-12(19)4-13(20)6-14/h4-6,11H,7-10H2,1-3H3,(H,21,23). The molecule has 1 heterocycles. The van der Waals surface area contributed by atoms with Crippen LogP contribution in [0.15, 0.2) is 18.2 Å². The molecule has 2 fully saturated rings. The van der Waals surface area contributed by atoms with Gasteiger partial charge in [0.25, 0.3) is 0 Å². The molecular formula is C18H22ClFN2O3. The summed E-state index contributed by atoms with van der Waals surface area (Å²) in [6.45, 7) is 6.75. The summed E-state index contributed by atoms with van der Waals surface area (Å²) >= 11 is 5.79. The molecule has 1 N–H and O–H groups in total. The summed E-state index contributed by atoms with van der Waals surface area (Å²) in [4.78, 5) is 25.9. The van der Waals surface area contributed by atoms with Crippen LogP contribution in [0.3, 0.4) is 0 Å². The first kappa shape index (κ1) is 18.0. The number of halogens is 2. The van der Waals surface area contributed by atoms with Crippen molar-refractivity contribution in [1.82, 2.24) is 4.90 Å². The van der Waals surface area contributed by atoms with E-state index in [4.69, 9.17) is 16.3 Å². The quantitative estimate of drug-likeness (QED) is 0.856. The number of amides is 2. The third-order valence-electron chi connectivity index (χ3n) is 4.56. The lowest BCUT2D eigenvalue weighted by Gasteiger charge is -2.58. The topological polar surface area (TPSA) is 58.6 Å². The summed E-state index contributed by atoms with van der Waals surface area (Å²) in [5.74, 6) is -0.745. The zero-order chi connectivity index (χ0) is 18.4. The number of carbonyl (C=O) groups excluding carboxylic acids is 2. The van der Waals surface area contributed by atoms with Gasteiger partial charge in [0.15, 0.2) is 0 Å². The van der Waals surface area contributed by atoms with Gasteiger partial charge in [0.05, 0.1) is 0 Å². The fraction of sp³-hybridized carbons (Fsp3) is 0.556. The Morgan fingerprint density at radius 1 is 1.28 bits per heavy atom. The molecule has 1 saturated heterocycles. The van der Waals surface area contributed by atoms with Crippen LogP contribution in [0.1, 0.15) is 33.6 Å². The smallest absolute Gasteiger partial charge is 0.410 e. The number of likely N-dealkylation sites (tertiary alicyclic amines) is 1. The van der Waals surface area contributed by atoms with E-state index in [1.54, 1.807) is 4.90 Å². The molecule has 0 radical (unpaired) electrons. The van der Waals surface area contributed by atoms with E-state index in [-0.39, 0.29) is 28.4 Å². The second-order valence-electron chi connectivity index (χ2n) is 8.09. The largest absolute Gasteiger partial charge is 0.444 e. The van der Waals surface area contributed by atoms with E-state index in [1.807, 2.05) is 20.8 Å². The van der Waals surface area contributed by atoms with Gasteiger partial charge in [-0.2, -0.15) is 0 Å². The molecule has 1 saturated carbocycles. The molecule has 3 rings (SSSR count). The van der Waals surface area contributed by atoms with Crippen molar-refractivity contribution in [2.75, 3.05) is 18.4 Å². The molecule has 1 aromatic carbocycles. The average Bonchev–Trinajstić information content (AvgIpc) is 2.31. The molecule has 2 aliphatic rings. The highest BCUT2D eigenvalue weighted by Crippen LogP contribution is 2.52. The van der Waals surface area contributed by atoms with E-state index in [1.165, 1.54) is 18.2 Å². The third kappa shape index (κ3) is 4.06. The van der Waals surface area contributed by atoms with Crippen molar-refractivity contribution in [3.8, 4) is 0 Å². The number of hydrogen-bond acceptors (Lipinski definition) is 3. The maximum atomic E-state index is 13.3. The lowest BCUT2D eigenvalue weighted by Crippen LogP contribution is -2.65. The van der Waals surface area contributed by atoms with Crippen LogP contribution in [-0.4, -0.2) is 35.6 Å². The van der Waals surface area contributed by atoms with Gasteiger partial charge in [0.2, 0.25) is 5.91 Å². The van der Waals surface area contributed by atoms with Crippen molar-refractivity contribution in [3.05, 3.63) is 29.0 Å². The first-order chi connectivity index (χ1) is 11.6. The van der Waals surface area contributed by atoms with Crippen molar-refractivity contribution in [2.24, 2.45) is 11.3 Å². The number of nitrogens with zero attached hydrogens (tertiary/aromatic N) is 1. The summed E-state index contributed by atoms with van der Waals surface area (Å²) < 4.78 is 18.7. The Hall–Kier alpha value is -1.82. The molecule has 7 heteroatoms. The fourth-order valence-corrected chi connectivity index (χ4v) is 3.74. The molecule has 1 aromatic rings. The van der Waals surface area contributed by atoms with Crippen LogP contribution < -0.4 is 5.32 Å². The SMILES string of the molecule is CC(C)(C)OC(=O)N1CC2(CC(C(=O)Nc3cc(F)cc(Cl)c3)C2)C1. The van der Waals surface area contributed by atoms with E-state index in [2.05, 4.69) is 5.32 Å². The highest BCUT2D eigenvalue weighted by molar-refractivity contribution is 6.30. The summed E-state index contributed by atoms with van der Waals surface area (Å²) in [5, 5.41) is 2.95. The molecule has 136 valence electrons. The maximum Gasteiger partial charge on any atom is 0.410 e. The van der Waals surface area contributed by atoms with Crippen LogP contribution in [0.4, 0.5) is 14.9 Å². The number of hydrogen-bond donors (Lipinski definition) is 1. The van der Waals surface area contributed by atoms with E-state index in [0.29, 0.717) is 18.8 Å². The van der Waals surface area contributed by atoms with Gasteiger partial charge in [-0.25, -0.2) is 9.18 Å². The second-order valence-corrected chi connectivity index (χ2v) is 8.53. The minimum atomic E-state index is -0.506. The molecular weight excluding hydrogens is 347 g/mol. The fourth-order valence-electron chi connectivity index (χ4n) is 3.52. The minimum Gasteiger partial charge on any atom is -0.444 e. The van der Waals surface area contributed by atoms with Crippen molar-refractivity contribution in [2.45, 2.75) is 39.2 Å². The number of nitrogens with one attached hydrogen (secondary N) is 1. The van der Waals surface area contributed by atoms with Crippen LogP contribution in [0.25, 0.3) is 0 Å². The van der Waals surface area contributed by atoms with Gasteiger partial charge < -0.3 is 15.0 Å². The molecule has 2 amide bonds. The van der Waals surface area contributed by atoms with Gasteiger partial charge in [-0.05, 0) is 51.8 Å². The molecule has 0 bridgehead atoms. The first-order valence-corrected chi connectivity index (χ1v) is 8.68. The number of carbonyl (C=O) groups is 2. The molecule has 1 spiro atoms. The van der Waals surface area contributed by atoms with Crippen molar-refractivity contribution in [3.63, 3.8) is 0 Å². The molecule has 0 unspecified atom stereocenters. The van der Waals surface area contributed by atoms with Crippen LogP contribution in [0.5, 0.6) is 0 Å². The first-order valence-electron chi connectivity index (χ1n) is 8.30. The molecule has 5 nitrogen and oxygen atoms in total. The van der Waals surface area contributed by atoms with Gasteiger partial charge >= 0.3 is 6.09 Å². The predicted molar refractivity (Wildman–Crippen MR) is 93.0 cm³/mol. The molecule has 1 aliphatic carbocycles. The molecule has 1 aliphatic heterocycles. The second kappa shape index (κ2) is 6.16. The summed E-state index contributed by atoms with van der Waals surface area (Å²) in [5.41, 5.74) is -0.119. The Bertz CT molecular complexity index is 683.